The number of carbonyl (C=O) groups is 2. The van der Waals surface area contributed by atoms with E-state index < -0.39 is 57.1 Å². The first kappa shape index (κ1) is 57.1. The Morgan fingerprint density at radius 3 is 1.93 bits per heavy atom. The minimum Gasteiger partial charge on any atom is -0.462 e. The van der Waals surface area contributed by atoms with Crippen molar-refractivity contribution in [1.82, 2.24) is 0 Å². The number of hydrogen-bond acceptors (Lipinski definition) is 12. The highest BCUT2D eigenvalue weighted by Crippen LogP contribution is 2.43. The monoisotopic (exact) mass is 888 g/mol. The first-order valence-electron chi connectivity index (χ1n) is 23.9. The van der Waals surface area contributed by atoms with Crippen LogP contribution < -0.4 is 5.73 Å². The fourth-order valence-electron chi connectivity index (χ4n) is 7.14. The lowest BCUT2D eigenvalue weighted by Crippen LogP contribution is -2.43. The average molecular weight is 888 g/mol. The molecule has 1 rings (SSSR count). The normalized spacial score (nSPS) is 20.4. The number of aliphatic hydroxyl groups is 3. The third kappa shape index (κ3) is 33.3. The molecule has 7 atom stereocenters. The lowest BCUT2D eigenvalue weighted by Gasteiger charge is -2.36. The number of nitrogens with two attached hydrogens (primary N) is 1. The largest absolute Gasteiger partial charge is 0.472 e. The fourth-order valence-corrected chi connectivity index (χ4v) is 7.90. The minimum atomic E-state index is -4.45. The van der Waals surface area contributed by atoms with Gasteiger partial charge in [-0.15, -0.1) is 0 Å². The van der Waals surface area contributed by atoms with Crippen molar-refractivity contribution in [2.45, 2.75) is 218 Å². The second-order valence-corrected chi connectivity index (χ2v) is 18.0. The van der Waals surface area contributed by atoms with E-state index in [1.165, 1.54) is 83.5 Å². The van der Waals surface area contributed by atoms with Crippen molar-refractivity contribution in [3.63, 3.8) is 0 Å². The molecule has 0 saturated carbocycles. The molecular formula is C47H86NO12P. The van der Waals surface area contributed by atoms with Crippen LogP contribution in [0.1, 0.15) is 187 Å². The van der Waals surface area contributed by atoms with E-state index in [9.17, 15) is 34.4 Å². The fraction of sp³-hybridized carbons (Fsp3) is 0.830. The van der Waals surface area contributed by atoms with Crippen molar-refractivity contribution >= 4 is 19.8 Å². The molecule has 0 aromatic heterocycles. The van der Waals surface area contributed by atoms with Gasteiger partial charge in [0.25, 0.3) is 0 Å². The van der Waals surface area contributed by atoms with Gasteiger partial charge >= 0.3 is 19.8 Å². The molecule has 0 aliphatic carbocycles. The maximum atomic E-state index is 12.7. The zero-order valence-electron chi connectivity index (χ0n) is 37.9. The molecule has 1 heterocycles. The molecule has 1 aliphatic heterocycles. The van der Waals surface area contributed by atoms with Crippen molar-refractivity contribution in [2.24, 2.45) is 11.7 Å². The van der Waals surface area contributed by atoms with Gasteiger partial charge in [-0.25, -0.2) is 4.57 Å². The molecule has 1 fully saturated rings. The van der Waals surface area contributed by atoms with E-state index in [0.717, 1.165) is 38.5 Å². The van der Waals surface area contributed by atoms with E-state index in [2.05, 4.69) is 26.0 Å². The molecule has 14 heteroatoms. The predicted octanol–water partition coefficient (Wildman–Crippen LogP) is 9.83. The highest BCUT2D eigenvalue weighted by atomic mass is 31.2. The first-order chi connectivity index (χ1) is 29.5. The molecule has 0 amide bonds. The van der Waals surface area contributed by atoms with Crippen LogP contribution in [-0.4, -0.2) is 89.2 Å². The molecule has 0 spiro atoms. The van der Waals surface area contributed by atoms with Crippen molar-refractivity contribution in [3.05, 3.63) is 36.5 Å². The molecule has 0 aromatic carbocycles. The Bertz CT molecular complexity index is 1220. The summed E-state index contributed by atoms with van der Waals surface area (Å²) in [7, 11) is -4.45. The molecule has 1 saturated heterocycles. The molecule has 0 radical (unpaired) electrons. The molecule has 0 aromatic rings. The standard InChI is InChI=1S/C47H86NO12P/c1-3-5-7-8-9-10-11-12-13-14-15-16-17-18-19-20-21-22-28-32-46(52)59-41(39-58-61(54,55)57-36-35-48)38-56-45(51)31-27-24-23-26-30-42-43(50)37-47(53)60-44(42)34-33-40(49)29-25-6-4-2/h12-13,23,26,33-34,40-44,47,49-50,53H,3-11,14-22,24-25,27-32,35-39,48H2,1-2H3,(H,54,55)/b13-12-,26-23-,34-33+/t40-,41+,42-,43-,44+,47?/m0/s1. The molecule has 2 unspecified atom stereocenters. The van der Waals surface area contributed by atoms with Crippen LogP contribution >= 0.6 is 7.82 Å². The summed E-state index contributed by atoms with van der Waals surface area (Å²) in [6.07, 6.45) is 33.6. The van der Waals surface area contributed by atoms with Crippen molar-refractivity contribution in [3.8, 4) is 0 Å². The lowest BCUT2D eigenvalue weighted by molar-refractivity contribution is -0.199. The summed E-state index contributed by atoms with van der Waals surface area (Å²) in [6, 6.07) is 0. The lowest BCUT2D eigenvalue weighted by atomic mass is 9.87. The summed E-state index contributed by atoms with van der Waals surface area (Å²) in [5, 5.41) is 31.0. The van der Waals surface area contributed by atoms with Gasteiger partial charge in [0.05, 0.1) is 31.5 Å². The van der Waals surface area contributed by atoms with Gasteiger partial charge in [-0.2, -0.15) is 0 Å². The van der Waals surface area contributed by atoms with Gasteiger partial charge in [0.2, 0.25) is 0 Å². The summed E-state index contributed by atoms with van der Waals surface area (Å²) in [6.45, 7) is 3.32. The zero-order chi connectivity index (χ0) is 44.8. The molecule has 0 bridgehead atoms. The summed E-state index contributed by atoms with van der Waals surface area (Å²) < 4.78 is 38.5. The number of ether oxygens (including phenoxy) is 3. The topological polar surface area (TPSA) is 204 Å². The predicted molar refractivity (Wildman–Crippen MR) is 241 cm³/mol. The molecule has 6 N–H and O–H groups in total. The Hall–Kier alpha value is -1.93. The second kappa shape index (κ2) is 38.5. The van der Waals surface area contributed by atoms with Gasteiger partial charge < -0.3 is 40.2 Å². The summed E-state index contributed by atoms with van der Waals surface area (Å²) in [4.78, 5) is 35.2. The number of unbranched alkanes of at least 4 members (excludes halogenated alkanes) is 18. The molecule has 61 heavy (non-hydrogen) atoms. The second-order valence-electron chi connectivity index (χ2n) is 16.5. The van der Waals surface area contributed by atoms with Crippen LogP contribution in [0.5, 0.6) is 0 Å². The van der Waals surface area contributed by atoms with Crippen LogP contribution in [-0.2, 0) is 37.4 Å². The number of rotatable bonds is 40. The van der Waals surface area contributed by atoms with Crippen molar-refractivity contribution in [1.29, 1.82) is 0 Å². The minimum absolute atomic E-state index is 0.0135. The number of allylic oxidation sites excluding steroid dienone is 4. The number of esters is 2. The maximum Gasteiger partial charge on any atom is 0.472 e. The van der Waals surface area contributed by atoms with Crippen LogP contribution in [0.4, 0.5) is 0 Å². The van der Waals surface area contributed by atoms with E-state index in [1.54, 1.807) is 12.2 Å². The van der Waals surface area contributed by atoms with Gasteiger partial charge in [0.15, 0.2) is 12.4 Å². The smallest absolute Gasteiger partial charge is 0.462 e. The summed E-state index contributed by atoms with van der Waals surface area (Å²) in [5.41, 5.74) is 5.35. The van der Waals surface area contributed by atoms with Crippen molar-refractivity contribution < 1.29 is 57.6 Å². The van der Waals surface area contributed by atoms with Crippen molar-refractivity contribution in [2.75, 3.05) is 26.4 Å². The Labute approximate surface area is 368 Å². The van der Waals surface area contributed by atoms with Gasteiger partial charge in [0.1, 0.15) is 6.61 Å². The average Bonchev–Trinajstić information content (AvgIpc) is 3.23. The van der Waals surface area contributed by atoms with E-state index in [0.29, 0.717) is 32.1 Å². The quantitative estimate of drug-likeness (QED) is 0.0168. The number of aliphatic hydroxyl groups excluding tert-OH is 3. The third-order valence-corrected chi connectivity index (χ3v) is 11.8. The summed E-state index contributed by atoms with van der Waals surface area (Å²) >= 11 is 0. The van der Waals surface area contributed by atoms with Crippen LogP contribution in [0.15, 0.2) is 36.5 Å². The van der Waals surface area contributed by atoms with Crippen LogP contribution in [0.3, 0.4) is 0 Å². The highest BCUT2D eigenvalue weighted by molar-refractivity contribution is 7.47. The highest BCUT2D eigenvalue weighted by Gasteiger charge is 2.35. The van der Waals surface area contributed by atoms with Gasteiger partial charge in [-0.1, -0.05) is 147 Å². The van der Waals surface area contributed by atoms with E-state index in [-0.39, 0.29) is 44.9 Å². The summed E-state index contributed by atoms with van der Waals surface area (Å²) in [5.74, 6) is -1.33. The first-order valence-corrected chi connectivity index (χ1v) is 25.4. The Morgan fingerprint density at radius 2 is 1.30 bits per heavy atom. The third-order valence-electron chi connectivity index (χ3n) is 10.8. The van der Waals surface area contributed by atoms with Crippen LogP contribution in [0.2, 0.25) is 0 Å². The number of phosphoric acid groups is 1. The van der Waals surface area contributed by atoms with Crippen LogP contribution in [0.25, 0.3) is 0 Å². The molecule has 13 nitrogen and oxygen atoms in total. The van der Waals surface area contributed by atoms with Gasteiger partial charge in [-0.3, -0.25) is 18.6 Å². The van der Waals surface area contributed by atoms with Gasteiger partial charge in [0, 0.05) is 31.7 Å². The zero-order valence-corrected chi connectivity index (χ0v) is 38.8. The van der Waals surface area contributed by atoms with Crippen LogP contribution in [0, 0.1) is 5.92 Å². The van der Waals surface area contributed by atoms with E-state index >= 15 is 0 Å². The number of phosphoric ester groups is 1. The van der Waals surface area contributed by atoms with E-state index in [1.807, 2.05) is 12.2 Å². The Balaban J connectivity index is 2.37. The number of hydrogen-bond donors (Lipinski definition) is 5. The molecule has 1 aliphatic rings. The Morgan fingerprint density at radius 1 is 0.738 bits per heavy atom. The Kier molecular flexibility index (Phi) is 36.1. The molecular weight excluding hydrogens is 801 g/mol. The maximum absolute atomic E-state index is 12.7. The van der Waals surface area contributed by atoms with E-state index in [4.69, 9.17) is 29.0 Å². The molecule has 356 valence electrons. The van der Waals surface area contributed by atoms with Gasteiger partial charge in [-0.05, 0) is 57.8 Å². The number of carbonyl (C=O) groups excluding carboxylic acids is 2. The SMILES string of the molecule is CCCCCCCC/C=C\CCCCCCCCCCCC(=O)O[C@H](COC(=O)CCC/C=C\C[C@H]1[C@@H](O)CC(O)O[C@@H]1/C=C/[C@@H](O)CCCCC)COP(=O)(O)OCCN.